The number of aromatic nitrogens is 1. The SMILES string of the molecule is CCCSCCCN1CCC(CCC(N)c2c(F)cnc3ccc(OC)cc23)C(C(=O)O)C1. The maximum Gasteiger partial charge on any atom is 0.308 e. The Bertz CT molecular complexity index is 929. The molecule has 0 radical (unpaired) electrons. The number of carboxylic acids is 1. The minimum absolute atomic E-state index is 0.0463. The van der Waals surface area contributed by atoms with Crippen molar-refractivity contribution < 1.29 is 19.0 Å². The van der Waals surface area contributed by atoms with Gasteiger partial charge >= 0.3 is 5.97 Å². The fraction of sp³-hybridized carbons (Fsp3) is 0.600. The van der Waals surface area contributed by atoms with Crippen molar-refractivity contribution in [3.63, 3.8) is 0 Å². The van der Waals surface area contributed by atoms with Gasteiger partial charge in [0.05, 0.1) is 24.7 Å². The highest BCUT2D eigenvalue weighted by atomic mass is 32.2. The summed E-state index contributed by atoms with van der Waals surface area (Å²) < 4.78 is 20.0. The minimum atomic E-state index is -0.746. The molecule has 0 aliphatic carbocycles. The summed E-state index contributed by atoms with van der Waals surface area (Å²) in [5.41, 5.74) is 7.54. The Morgan fingerprint density at radius 1 is 1.42 bits per heavy atom. The maximum absolute atomic E-state index is 14.7. The van der Waals surface area contributed by atoms with Crippen molar-refractivity contribution in [2.24, 2.45) is 17.6 Å². The Hall–Kier alpha value is -1.90. The van der Waals surface area contributed by atoms with Crippen LogP contribution in [0, 0.1) is 17.7 Å². The number of nitrogens with two attached hydrogens (primary N) is 1. The van der Waals surface area contributed by atoms with Crippen LogP contribution in [0.25, 0.3) is 10.9 Å². The van der Waals surface area contributed by atoms with Crippen molar-refractivity contribution in [3.8, 4) is 5.75 Å². The highest BCUT2D eigenvalue weighted by Crippen LogP contribution is 2.34. The molecule has 1 aliphatic rings. The van der Waals surface area contributed by atoms with Crippen LogP contribution in [0.15, 0.2) is 24.4 Å². The summed E-state index contributed by atoms with van der Waals surface area (Å²) in [7, 11) is 1.57. The van der Waals surface area contributed by atoms with Crippen LogP contribution in [0.2, 0.25) is 0 Å². The van der Waals surface area contributed by atoms with E-state index in [4.69, 9.17) is 10.5 Å². The molecule has 3 rings (SSSR count). The van der Waals surface area contributed by atoms with E-state index in [0.717, 1.165) is 31.7 Å². The molecule has 0 spiro atoms. The van der Waals surface area contributed by atoms with E-state index in [1.807, 2.05) is 11.8 Å². The van der Waals surface area contributed by atoms with Gasteiger partial charge in [0, 0.05) is 23.5 Å². The third-order valence-electron chi connectivity index (χ3n) is 6.56. The number of pyridine rings is 1. The van der Waals surface area contributed by atoms with E-state index < -0.39 is 23.7 Å². The number of thioether (sulfide) groups is 1. The Morgan fingerprint density at radius 3 is 2.97 bits per heavy atom. The summed E-state index contributed by atoms with van der Waals surface area (Å²) in [6.45, 7) is 4.62. The average molecular weight is 478 g/mol. The number of benzene rings is 1. The summed E-state index contributed by atoms with van der Waals surface area (Å²) >= 11 is 1.96. The van der Waals surface area contributed by atoms with Gasteiger partial charge in [-0.1, -0.05) is 6.92 Å². The molecule has 0 amide bonds. The molecular formula is C25H36FN3O3S. The molecule has 0 bridgehead atoms. The van der Waals surface area contributed by atoms with Gasteiger partial charge in [-0.25, -0.2) is 4.39 Å². The Morgan fingerprint density at radius 2 is 2.24 bits per heavy atom. The number of likely N-dealkylation sites (tertiary alicyclic amines) is 1. The molecule has 2 aromatic rings. The quantitative estimate of drug-likeness (QED) is 0.428. The van der Waals surface area contributed by atoms with Crippen molar-refractivity contribution in [3.05, 3.63) is 35.8 Å². The number of hydrogen-bond acceptors (Lipinski definition) is 6. The molecule has 1 aromatic heterocycles. The number of aliphatic carboxylic acids is 1. The first kappa shape index (κ1) is 25.7. The van der Waals surface area contributed by atoms with Crippen LogP contribution in [0.3, 0.4) is 0 Å². The third-order valence-corrected chi connectivity index (χ3v) is 7.83. The van der Waals surface area contributed by atoms with E-state index >= 15 is 0 Å². The van der Waals surface area contributed by atoms with Crippen molar-refractivity contribution in [1.82, 2.24) is 9.88 Å². The molecule has 0 saturated carbocycles. The molecule has 3 unspecified atom stereocenters. The molecule has 1 aromatic carbocycles. The van der Waals surface area contributed by atoms with Crippen LogP contribution in [0.5, 0.6) is 5.75 Å². The van der Waals surface area contributed by atoms with Gasteiger partial charge in [0.2, 0.25) is 0 Å². The number of hydrogen-bond donors (Lipinski definition) is 2. The zero-order valence-corrected chi connectivity index (χ0v) is 20.5. The largest absolute Gasteiger partial charge is 0.497 e. The number of piperidine rings is 1. The van der Waals surface area contributed by atoms with Crippen molar-refractivity contribution in [2.45, 2.75) is 45.1 Å². The minimum Gasteiger partial charge on any atom is -0.497 e. The Kier molecular flexibility index (Phi) is 9.77. The second-order valence-corrected chi connectivity index (χ2v) is 10.1. The van der Waals surface area contributed by atoms with E-state index in [1.165, 1.54) is 18.4 Å². The monoisotopic (exact) mass is 477 g/mol. The van der Waals surface area contributed by atoms with Crippen LogP contribution < -0.4 is 10.5 Å². The number of nitrogens with zero attached hydrogens (tertiary/aromatic N) is 2. The fourth-order valence-corrected chi connectivity index (χ4v) is 5.57. The van der Waals surface area contributed by atoms with Gasteiger partial charge in [-0.2, -0.15) is 11.8 Å². The summed E-state index contributed by atoms with van der Waals surface area (Å²) in [5, 5.41) is 10.5. The fourth-order valence-electron chi connectivity index (χ4n) is 4.74. The van der Waals surface area contributed by atoms with Gasteiger partial charge < -0.3 is 20.5 Å². The lowest BCUT2D eigenvalue weighted by Crippen LogP contribution is -2.44. The maximum atomic E-state index is 14.7. The van der Waals surface area contributed by atoms with E-state index in [2.05, 4.69) is 16.8 Å². The number of methoxy groups -OCH3 is 1. The zero-order chi connectivity index (χ0) is 23.8. The van der Waals surface area contributed by atoms with E-state index in [1.54, 1.807) is 25.3 Å². The standard InChI is InChI=1S/C25H36FN3O3S/c1-3-12-33-13-4-10-29-11-9-17(20(16-29)25(30)31)5-7-22(27)24-19-14-18(32-2)6-8-23(19)28-15-21(24)26/h6,8,14-15,17,20,22H,3-5,7,9-13,16,27H2,1-2H3,(H,30,31). The molecule has 2 heterocycles. The van der Waals surface area contributed by atoms with Gasteiger partial charge in [0.15, 0.2) is 0 Å². The smallest absolute Gasteiger partial charge is 0.308 e. The van der Waals surface area contributed by atoms with Crippen LogP contribution in [-0.2, 0) is 4.79 Å². The topological polar surface area (TPSA) is 88.7 Å². The highest BCUT2D eigenvalue weighted by Gasteiger charge is 2.34. The molecule has 8 heteroatoms. The van der Waals surface area contributed by atoms with Gasteiger partial charge in [0.1, 0.15) is 11.6 Å². The van der Waals surface area contributed by atoms with Crippen LogP contribution >= 0.6 is 11.8 Å². The predicted molar refractivity (Wildman–Crippen MR) is 132 cm³/mol. The predicted octanol–water partition coefficient (Wildman–Crippen LogP) is 4.72. The second-order valence-electron chi connectivity index (χ2n) is 8.85. The number of ether oxygens (including phenoxy) is 1. The third kappa shape index (κ3) is 6.80. The molecule has 1 saturated heterocycles. The summed E-state index contributed by atoms with van der Waals surface area (Å²) in [4.78, 5) is 18.4. The number of carbonyl (C=O) groups is 1. The van der Waals surface area contributed by atoms with Crippen LogP contribution in [-0.4, -0.2) is 59.2 Å². The first-order valence-corrected chi connectivity index (χ1v) is 13.0. The summed E-state index contributed by atoms with van der Waals surface area (Å²) in [6.07, 6.45) is 5.50. The molecule has 3 atom stereocenters. The van der Waals surface area contributed by atoms with E-state index in [0.29, 0.717) is 41.6 Å². The lowest BCUT2D eigenvalue weighted by atomic mass is 9.81. The molecule has 6 nitrogen and oxygen atoms in total. The van der Waals surface area contributed by atoms with Gasteiger partial charge in [0.25, 0.3) is 0 Å². The summed E-state index contributed by atoms with van der Waals surface area (Å²) in [6, 6.07) is 4.81. The Labute approximate surface area is 200 Å². The van der Waals surface area contributed by atoms with Crippen molar-refractivity contribution >= 4 is 28.6 Å². The molecule has 3 N–H and O–H groups in total. The number of rotatable bonds is 12. The van der Waals surface area contributed by atoms with E-state index in [9.17, 15) is 14.3 Å². The van der Waals surface area contributed by atoms with Crippen LogP contribution in [0.4, 0.5) is 4.39 Å². The van der Waals surface area contributed by atoms with Crippen molar-refractivity contribution in [2.75, 3.05) is 38.2 Å². The number of fused-ring (bicyclic) bond motifs is 1. The lowest BCUT2D eigenvalue weighted by Gasteiger charge is -2.37. The molecule has 33 heavy (non-hydrogen) atoms. The first-order valence-electron chi connectivity index (χ1n) is 11.8. The number of carboxylic acid groups (broad SMARTS) is 1. The summed E-state index contributed by atoms with van der Waals surface area (Å²) in [5.74, 6) is 1.38. The highest BCUT2D eigenvalue weighted by molar-refractivity contribution is 7.99. The molecule has 1 aliphatic heterocycles. The molecule has 182 valence electrons. The van der Waals surface area contributed by atoms with E-state index in [-0.39, 0.29) is 5.92 Å². The van der Waals surface area contributed by atoms with Crippen molar-refractivity contribution in [1.29, 1.82) is 0 Å². The van der Waals surface area contributed by atoms with Gasteiger partial charge in [-0.3, -0.25) is 9.78 Å². The lowest BCUT2D eigenvalue weighted by molar-refractivity contribution is -0.146. The zero-order valence-electron chi connectivity index (χ0n) is 19.6. The van der Waals surface area contributed by atoms with Gasteiger partial charge in [-0.15, -0.1) is 0 Å². The Balaban J connectivity index is 1.62. The normalized spacial score (nSPS) is 20.1. The average Bonchev–Trinajstić information content (AvgIpc) is 2.82. The van der Waals surface area contributed by atoms with Crippen LogP contribution in [0.1, 0.15) is 50.6 Å². The molecular weight excluding hydrogens is 441 g/mol. The van der Waals surface area contributed by atoms with Gasteiger partial charge in [-0.05, 0) is 80.8 Å². The molecule has 1 fully saturated rings. The number of halogens is 1. The first-order chi connectivity index (χ1) is 15.9. The second kappa shape index (κ2) is 12.5.